The molecule has 21 heavy (non-hydrogen) atoms. The summed E-state index contributed by atoms with van der Waals surface area (Å²) in [5, 5.41) is 5.42. The number of pyridine rings is 1. The zero-order chi connectivity index (χ0) is 15.4. The van der Waals surface area contributed by atoms with Crippen LogP contribution >= 0.6 is 0 Å². The van der Waals surface area contributed by atoms with Crippen molar-refractivity contribution in [3.8, 4) is 0 Å². The van der Waals surface area contributed by atoms with Gasteiger partial charge in [0, 0.05) is 18.3 Å². The third kappa shape index (κ3) is 3.65. The summed E-state index contributed by atoms with van der Waals surface area (Å²) in [7, 11) is 0. The van der Waals surface area contributed by atoms with E-state index in [9.17, 15) is 13.2 Å². The molecule has 2 N–H and O–H groups in total. The van der Waals surface area contributed by atoms with Gasteiger partial charge in [-0.2, -0.15) is 0 Å². The third-order valence-corrected chi connectivity index (χ3v) is 2.91. The molecule has 0 radical (unpaired) electrons. The molecule has 0 saturated carbocycles. The highest BCUT2D eigenvalue weighted by atomic mass is 19.1. The van der Waals surface area contributed by atoms with Crippen molar-refractivity contribution in [1.29, 1.82) is 0 Å². The number of aryl methyl sites for hydroxylation is 1. The highest BCUT2D eigenvalue weighted by molar-refractivity contribution is 5.59. The molecular formula is C15H16F3N3. The summed E-state index contributed by atoms with van der Waals surface area (Å²) in [6.45, 7) is 4.07. The molecule has 0 aliphatic heterocycles. The number of rotatable bonds is 5. The largest absolute Gasteiger partial charge is 0.368 e. The van der Waals surface area contributed by atoms with E-state index in [-0.39, 0.29) is 11.6 Å². The minimum absolute atomic E-state index is 0.0340. The maximum atomic E-state index is 13.7. The zero-order valence-corrected chi connectivity index (χ0v) is 11.8. The molecule has 0 aliphatic carbocycles. The van der Waals surface area contributed by atoms with Gasteiger partial charge in [0.15, 0.2) is 23.3 Å². The zero-order valence-electron chi connectivity index (χ0n) is 11.8. The monoisotopic (exact) mass is 295 g/mol. The van der Waals surface area contributed by atoms with Crippen molar-refractivity contribution in [1.82, 2.24) is 4.98 Å². The molecule has 1 heterocycles. The van der Waals surface area contributed by atoms with Gasteiger partial charge in [0.05, 0.1) is 0 Å². The number of nitrogens with zero attached hydrogens (tertiary/aromatic N) is 1. The first-order valence-electron chi connectivity index (χ1n) is 6.64. The molecule has 2 rings (SSSR count). The summed E-state index contributed by atoms with van der Waals surface area (Å²) >= 11 is 0. The number of hydrogen-bond acceptors (Lipinski definition) is 3. The van der Waals surface area contributed by atoms with E-state index in [0.717, 1.165) is 12.5 Å². The van der Waals surface area contributed by atoms with Gasteiger partial charge in [-0.05, 0) is 31.0 Å². The smallest absolute Gasteiger partial charge is 0.169 e. The second-order valence-corrected chi connectivity index (χ2v) is 4.66. The van der Waals surface area contributed by atoms with E-state index in [2.05, 4.69) is 15.6 Å². The predicted molar refractivity (Wildman–Crippen MR) is 77.4 cm³/mol. The first kappa shape index (κ1) is 15.2. The van der Waals surface area contributed by atoms with Crippen LogP contribution in [0.4, 0.5) is 30.5 Å². The van der Waals surface area contributed by atoms with Crippen molar-refractivity contribution in [3.05, 3.63) is 47.3 Å². The summed E-state index contributed by atoms with van der Waals surface area (Å²) in [6, 6.07) is 5.15. The normalized spacial score (nSPS) is 10.5. The number of halogens is 3. The number of benzene rings is 1. The number of anilines is 3. The molecule has 2 aromatic rings. The van der Waals surface area contributed by atoms with Crippen molar-refractivity contribution in [2.75, 3.05) is 17.2 Å². The highest BCUT2D eigenvalue weighted by Gasteiger charge is 2.12. The van der Waals surface area contributed by atoms with E-state index in [1.807, 2.05) is 6.92 Å². The minimum Gasteiger partial charge on any atom is -0.368 e. The second-order valence-electron chi connectivity index (χ2n) is 4.66. The molecule has 0 amide bonds. The molecule has 0 bridgehead atoms. The Morgan fingerprint density at radius 2 is 1.71 bits per heavy atom. The maximum Gasteiger partial charge on any atom is 0.169 e. The van der Waals surface area contributed by atoms with Gasteiger partial charge < -0.3 is 10.6 Å². The summed E-state index contributed by atoms with van der Waals surface area (Å²) in [6.07, 6.45) is 0.782. The number of nitrogens with one attached hydrogen (secondary N) is 2. The fourth-order valence-corrected chi connectivity index (χ4v) is 1.73. The van der Waals surface area contributed by atoms with Crippen LogP contribution in [0.15, 0.2) is 24.3 Å². The Kier molecular flexibility index (Phi) is 4.67. The molecule has 1 aromatic carbocycles. The molecule has 0 spiro atoms. The molecule has 6 heteroatoms. The lowest BCUT2D eigenvalue weighted by Gasteiger charge is -2.11. The molecule has 1 aromatic heterocycles. The number of hydrogen-bond donors (Lipinski definition) is 2. The fraction of sp³-hybridized carbons (Fsp3) is 0.267. The Bertz CT molecular complexity index is 644. The van der Waals surface area contributed by atoms with Crippen molar-refractivity contribution in [2.24, 2.45) is 0 Å². The SMILES string of the molecule is CCCNc1nc(Nc2ccc(C)c(F)c2)c(F)cc1F. The van der Waals surface area contributed by atoms with E-state index in [4.69, 9.17) is 0 Å². The summed E-state index contributed by atoms with van der Waals surface area (Å²) in [5.41, 5.74) is 0.830. The lowest BCUT2D eigenvalue weighted by Crippen LogP contribution is -2.07. The molecule has 0 atom stereocenters. The van der Waals surface area contributed by atoms with Crippen LogP contribution in [0, 0.1) is 24.4 Å². The van der Waals surface area contributed by atoms with Crippen molar-refractivity contribution in [3.63, 3.8) is 0 Å². The predicted octanol–water partition coefficient (Wildman–Crippen LogP) is 4.37. The lowest BCUT2D eigenvalue weighted by atomic mass is 10.2. The average molecular weight is 295 g/mol. The molecule has 0 saturated heterocycles. The summed E-state index contributed by atoms with van der Waals surface area (Å²) < 4.78 is 40.8. The number of aromatic nitrogens is 1. The van der Waals surface area contributed by atoms with Crippen molar-refractivity contribution in [2.45, 2.75) is 20.3 Å². The van der Waals surface area contributed by atoms with Gasteiger partial charge in [-0.3, -0.25) is 0 Å². The lowest BCUT2D eigenvalue weighted by molar-refractivity contribution is 0.579. The molecule has 0 unspecified atom stereocenters. The van der Waals surface area contributed by atoms with Gasteiger partial charge in [0.1, 0.15) is 5.82 Å². The van der Waals surface area contributed by atoms with Crippen molar-refractivity contribution >= 4 is 17.3 Å². The average Bonchev–Trinajstić information content (AvgIpc) is 2.44. The maximum absolute atomic E-state index is 13.7. The Hall–Kier alpha value is -2.24. The molecule has 3 nitrogen and oxygen atoms in total. The fourth-order valence-electron chi connectivity index (χ4n) is 1.73. The first-order valence-corrected chi connectivity index (χ1v) is 6.64. The summed E-state index contributed by atoms with van der Waals surface area (Å²) in [4.78, 5) is 3.86. The van der Waals surface area contributed by atoms with Gasteiger partial charge in [-0.25, -0.2) is 18.2 Å². The van der Waals surface area contributed by atoms with E-state index in [1.54, 1.807) is 19.1 Å². The standard InChI is InChI=1S/C15H16F3N3/c1-3-6-19-14-12(17)8-13(18)15(21-14)20-10-5-4-9(2)11(16)7-10/h4-5,7-8H,3,6H2,1-2H3,(H2,19,20,21). The Labute approximate surface area is 121 Å². The topological polar surface area (TPSA) is 37.0 Å². The molecule has 112 valence electrons. The van der Waals surface area contributed by atoms with Crippen LogP contribution in [0.25, 0.3) is 0 Å². The van der Waals surface area contributed by atoms with Crippen LogP contribution in [0.2, 0.25) is 0 Å². The molecular weight excluding hydrogens is 279 g/mol. The Morgan fingerprint density at radius 1 is 1.00 bits per heavy atom. The Morgan fingerprint density at radius 3 is 2.38 bits per heavy atom. The van der Waals surface area contributed by atoms with E-state index in [1.165, 1.54) is 6.07 Å². The van der Waals surface area contributed by atoms with Gasteiger partial charge >= 0.3 is 0 Å². The summed E-state index contributed by atoms with van der Waals surface area (Å²) in [5.74, 6) is -2.20. The van der Waals surface area contributed by atoms with Crippen LogP contribution in [-0.4, -0.2) is 11.5 Å². The first-order chi connectivity index (χ1) is 10.0. The van der Waals surface area contributed by atoms with E-state index in [0.29, 0.717) is 17.8 Å². The van der Waals surface area contributed by atoms with Crippen LogP contribution in [0.5, 0.6) is 0 Å². The van der Waals surface area contributed by atoms with Crippen LogP contribution in [0.3, 0.4) is 0 Å². The van der Waals surface area contributed by atoms with E-state index >= 15 is 0 Å². The third-order valence-electron chi connectivity index (χ3n) is 2.91. The molecule has 0 fully saturated rings. The van der Waals surface area contributed by atoms with Gasteiger partial charge in [0.25, 0.3) is 0 Å². The van der Waals surface area contributed by atoms with Crippen LogP contribution in [0.1, 0.15) is 18.9 Å². The van der Waals surface area contributed by atoms with Crippen molar-refractivity contribution < 1.29 is 13.2 Å². The van der Waals surface area contributed by atoms with Gasteiger partial charge in [-0.1, -0.05) is 13.0 Å². The highest BCUT2D eigenvalue weighted by Crippen LogP contribution is 2.23. The second kappa shape index (κ2) is 6.47. The van der Waals surface area contributed by atoms with Crippen LogP contribution in [-0.2, 0) is 0 Å². The Balaban J connectivity index is 2.28. The van der Waals surface area contributed by atoms with Gasteiger partial charge in [-0.15, -0.1) is 0 Å². The molecule has 0 aliphatic rings. The van der Waals surface area contributed by atoms with Gasteiger partial charge in [0.2, 0.25) is 0 Å². The van der Waals surface area contributed by atoms with E-state index < -0.39 is 17.5 Å². The minimum atomic E-state index is -0.837. The van der Waals surface area contributed by atoms with Crippen LogP contribution < -0.4 is 10.6 Å². The quantitative estimate of drug-likeness (QED) is 0.860.